The van der Waals surface area contributed by atoms with Gasteiger partial charge in [-0.15, -0.1) is 11.3 Å². The molecule has 0 aliphatic rings. The smallest absolute Gasteiger partial charge is 0.167 e. The summed E-state index contributed by atoms with van der Waals surface area (Å²) in [5.74, 6) is 0.536. The molecule has 0 N–H and O–H groups in total. The molecule has 0 saturated heterocycles. The number of para-hydroxylation sites is 4. The number of fused-ring (bicyclic) bond motifs is 9. The minimum atomic E-state index is -0.486. The second-order valence-electron chi connectivity index (χ2n) is 12.4. The molecule has 0 aliphatic carbocycles. The molecule has 238 valence electrons. The van der Waals surface area contributed by atoms with Gasteiger partial charge in [0, 0.05) is 58.5 Å². The first-order valence-corrected chi connectivity index (χ1v) is 17.4. The van der Waals surface area contributed by atoms with Crippen LogP contribution in [0.25, 0.3) is 104 Å². The summed E-state index contributed by atoms with van der Waals surface area (Å²) in [5, 5.41) is 6.19. The van der Waals surface area contributed by atoms with Crippen LogP contribution in [0.4, 0.5) is 0 Å². The predicted octanol–water partition coefficient (Wildman–Crippen LogP) is 12.2. The van der Waals surface area contributed by atoms with Gasteiger partial charge in [-0.3, -0.25) is 0 Å². The highest BCUT2D eigenvalue weighted by Crippen LogP contribution is 2.42. The quantitative estimate of drug-likeness (QED) is 0.186. The lowest BCUT2D eigenvalue weighted by atomic mass is 10.0. The number of hydrogen-bond donors (Lipinski definition) is 0. The van der Waals surface area contributed by atoms with Crippen molar-refractivity contribution in [3.63, 3.8) is 0 Å². The Morgan fingerprint density at radius 2 is 1.18 bits per heavy atom. The van der Waals surface area contributed by atoms with Crippen LogP contribution in [0.15, 0.2) is 162 Å². The van der Waals surface area contributed by atoms with E-state index in [1.807, 2.05) is 54.6 Å². The second kappa shape index (κ2) is 10.9. The third-order valence-corrected chi connectivity index (χ3v) is 10.7. The van der Waals surface area contributed by atoms with Gasteiger partial charge < -0.3 is 8.98 Å². The summed E-state index contributed by atoms with van der Waals surface area (Å²) in [7, 11) is 0. The second-order valence-corrected chi connectivity index (χ2v) is 13.5. The molecule has 0 amide bonds. The minimum Gasteiger partial charge on any atom is -0.455 e. The molecule has 11 aromatic rings. The summed E-state index contributed by atoms with van der Waals surface area (Å²) < 4.78 is 53.5. The molecular formula is C45H26N4OS. The van der Waals surface area contributed by atoms with Crippen LogP contribution in [0.5, 0.6) is 0 Å². The Morgan fingerprint density at radius 3 is 1.98 bits per heavy atom. The third-order valence-electron chi connectivity index (χ3n) is 9.56. The molecule has 11 rings (SSSR count). The van der Waals surface area contributed by atoms with Crippen LogP contribution in [-0.2, 0) is 0 Å². The Bertz CT molecular complexity index is 3380. The van der Waals surface area contributed by atoms with E-state index < -0.39 is 30.2 Å². The van der Waals surface area contributed by atoms with Crippen LogP contribution in [0.1, 0.15) is 6.85 Å². The number of aromatic nitrogens is 4. The largest absolute Gasteiger partial charge is 0.455 e. The fraction of sp³-hybridized carbons (Fsp3) is 0. The summed E-state index contributed by atoms with van der Waals surface area (Å²) in [6, 6.07) is 40.8. The molecule has 0 fully saturated rings. The summed E-state index contributed by atoms with van der Waals surface area (Å²) in [6.45, 7) is 0. The number of thiophene rings is 1. The third kappa shape index (κ3) is 4.30. The van der Waals surface area contributed by atoms with Gasteiger partial charge in [-0.2, -0.15) is 0 Å². The van der Waals surface area contributed by atoms with Gasteiger partial charge in [0.2, 0.25) is 0 Å². The van der Waals surface area contributed by atoms with Gasteiger partial charge in [0.15, 0.2) is 17.5 Å². The first kappa shape index (κ1) is 23.7. The van der Waals surface area contributed by atoms with Crippen molar-refractivity contribution in [3.8, 4) is 39.9 Å². The fourth-order valence-corrected chi connectivity index (χ4v) is 8.52. The van der Waals surface area contributed by atoms with E-state index in [2.05, 4.69) is 77.4 Å². The Kier molecular flexibility index (Phi) is 5.08. The lowest BCUT2D eigenvalue weighted by Gasteiger charge is -2.10. The van der Waals surface area contributed by atoms with E-state index in [0.29, 0.717) is 22.6 Å². The van der Waals surface area contributed by atoms with Gasteiger partial charge in [0.1, 0.15) is 11.2 Å². The van der Waals surface area contributed by atoms with E-state index in [9.17, 15) is 0 Å². The van der Waals surface area contributed by atoms with Crippen LogP contribution in [0, 0.1) is 0 Å². The number of nitrogens with zero attached hydrogens (tertiary/aromatic N) is 4. The highest BCUT2D eigenvalue weighted by Gasteiger charge is 2.20. The van der Waals surface area contributed by atoms with Crippen molar-refractivity contribution >= 4 is 75.3 Å². The SMILES string of the molecule is [2H]c1c([2H])c([2H])c(-c2nc(-c3cccc4c3oc3ccccc34)nc(-c3cccc4sc5cc(-n6c7ccccc7c7ccccc76)ccc5c34)n2)c([2H])c1[2H]. The Hall–Kier alpha value is -6.63. The fourth-order valence-electron chi connectivity index (χ4n) is 7.35. The molecule has 6 heteroatoms. The normalized spacial score (nSPS) is 13.3. The zero-order chi connectivity index (χ0) is 37.8. The van der Waals surface area contributed by atoms with E-state index in [0.717, 1.165) is 53.2 Å². The maximum atomic E-state index is 8.83. The van der Waals surface area contributed by atoms with Crippen molar-refractivity contribution in [1.82, 2.24) is 19.5 Å². The monoisotopic (exact) mass is 675 g/mol. The van der Waals surface area contributed by atoms with Gasteiger partial charge in [-0.05, 0) is 42.5 Å². The standard InChI is InChI=1S/C45H26N4OS/c1-2-12-27(13-3-1)43-46-44(48-45(47-43)35-19-10-17-32-31-16-6-9-22-38(31)50-42(32)35)34-18-11-23-39-41(34)33-25-24-28(26-40(33)51-39)49-36-20-7-4-14-29(36)30-15-5-8-21-37(30)49/h1-26H/i1D,2D,3D,12D,13D. The van der Waals surface area contributed by atoms with Crippen LogP contribution in [0.3, 0.4) is 0 Å². The van der Waals surface area contributed by atoms with E-state index in [1.165, 1.54) is 10.8 Å². The van der Waals surface area contributed by atoms with Gasteiger partial charge in [-0.25, -0.2) is 15.0 Å². The van der Waals surface area contributed by atoms with Gasteiger partial charge >= 0.3 is 0 Å². The number of furan rings is 1. The molecule has 0 atom stereocenters. The predicted molar refractivity (Wildman–Crippen MR) is 211 cm³/mol. The molecular weight excluding hydrogens is 645 g/mol. The number of hydrogen-bond acceptors (Lipinski definition) is 5. The molecule has 0 spiro atoms. The van der Waals surface area contributed by atoms with Crippen molar-refractivity contribution in [2.75, 3.05) is 0 Å². The summed E-state index contributed by atoms with van der Waals surface area (Å²) >= 11 is 1.68. The minimum absolute atomic E-state index is 0.0275. The molecule has 0 radical (unpaired) electrons. The molecule has 5 nitrogen and oxygen atoms in total. The van der Waals surface area contributed by atoms with E-state index >= 15 is 0 Å². The van der Waals surface area contributed by atoms with Crippen molar-refractivity contribution in [3.05, 3.63) is 158 Å². The van der Waals surface area contributed by atoms with Crippen LogP contribution in [0.2, 0.25) is 0 Å². The Labute approximate surface area is 302 Å². The summed E-state index contributed by atoms with van der Waals surface area (Å²) in [5.41, 5.74) is 5.82. The molecule has 0 aliphatic heterocycles. The first-order chi connectivity index (χ1) is 27.4. The molecule has 0 bridgehead atoms. The van der Waals surface area contributed by atoms with E-state index in [-0.39, 0.29) is 17.2 Å². The highest BCUT2D eigenvalue weighted by atomic mass is 32.1. The topological polar surface area (TPSA) is 56.7 Å². The molecule has 7 aromatic carbocycles. The van der Waals surface area contributed by atoms with Crippen LogP contribution in [-0.4, -0.2) is 19.5 Å². The molecule has 4 aromatic heterocycles. The Morgan fingerprint density at radius 1 is 0.529 bits per heavy atom. The lowest BCUT2D eigenvalue weighted by molar-refractivity contribution is 0.669. The maximum absolute atomic E-state index is 8.83. The van der Waals surface area contributed by atoms with Gasteiger partial charge in [0.05, 0.1) is 23.5 Å². The number of benzene rings is 7. The van der Waals surface area contributed by atoms with Crippen molar-refractivity contribution < 1.29 is 11.3 Å². The van der Waals surface area contributed by atoms with Gasteiger partial charge in [0.25, 0.3) is 0 Å². The molecule has 0 unspecified atom stereocenters. The first-order valence-electron chi connectivity index (χ1n) is 19.0. The van der Waals surface area contributed by atoms with E-state index in [1.54, 1.807) is 11.3 Å². The summed E-state index contributed by atoms with van der Waals surface area (Å²) in [6.07, 6.45) is 0. The zero-order valence-electron chi connectivity index (χ0n) is 31.7. The van der Waals surface area contributed by atoms with Crippen molar-refractivity contribution in [2.24, 2.45) is 0 Å². The lowest BCUT2D eigenvalue weighted by Crippen LogP contribution is -2.00. The van der Waals surface area contributed by atoms with Crippen molar-refractivity contribution in [2.45, 2.75) is 0 Å². The summed E-state index contributed by atoms with van der Waals surface area (Å²) in [4.78, 5) is 14.8. The van der Waals surface area contributed by atoms with Crippen LogP contribution >= 0.6 is 11.3 Å². The number of rotatable bonds is 4. The van der Waals surface area contributed by atoms with Gasteiger partial charge in [-0.1, -0.05) is 115 Å². The highest BCUT2D eigenvalue weighted by molar-refractivity contribution is 7.26. The van der Waals surface area contributed by atoms with E-state index in [4.69, 9.17) is 26.2 Å². The average Bonchev–Trinajstić information content (AvgIpc) is 3.91. The zero-order valence-corrected chi connectivity index (χ0v) is 27.5. The van der Waals surface area contributed by atoms with Crippen LogP contribution < -0.4 is 0 Å². The molecule has 51 heavy (non-hydrogen) atoms. The Balaban J connectivity index is 1.17. The molecule has 0 saturated carbocycles. The maximum Gasteiger partial charge on any atom is 0.167 e. The van der Waals surface area contributed by atoms with Crippen molar-refractivity contribution in [1.29, 1.82) is 0 Å². The average molecular weight is 676 g/mol. The molecule has 4 heterocycles.